The predicted octanol–water partition coefficient (Wildman–Crippen LogP) is 3.65. The lowest BCUT2D eigenvalue weighted by atomic mass is 9.99. The van der Waals surface area contributed by atoms with Crippen LogP contribution in [0.5, 0.6) is 5.88 Å². The van der Waals surface area contributed by atoms with E-state index in [0.29, 0.717) is 18.0 Å². The molecule has 1 aliphatic rings. The Labute approximate surface area is 228 Å². The minimum absolute atomic E-state index is 0.0205. The zero-order valence-corrected chi connectivity index (χ0v) is 22.0. The number of carbonyl (C=O) groups is 1. The number of aromatic nitrogens is 3. The van der Waals surface area contributed by atoms with Gasteiger partial charge < -0.3 is 20.3 Å². The lowest BCUT2D eigenvalue weighted by molar-refractivity contribution is -0.129. The van der Waals surface area contributed by atoms with E-state index in [1.165, 1.54) is 5.56 Å². The number of nitrogens with zero attached hydrogens (tertiary/aromatic N) is 5. The van der Waals surface area contributed by atoms with Gasteiger partial charge in [0.15, 0.2) is 0 Å². The number of nitrogens with one attached hydrogen (secondary N) is 2. The van der Waals surface area contributed by atoms with Gasteiger partial charge in [0, 0.05) is 37.6 Å². The summed E-state index contributed by atoms with van der Waals surface area (Å²) in [6.45, 7) is 1.55. The third-order valence-corrected chi connectivity index (χ3v) is 6.76. The first kappa shape index (κ1) is 25.9. The molecule has 0 aliphatic carbocycles. The molecule has 198 valence electrons. The first-order valence-corrected chi connectivity index (χ1v) is 12.9. The van der Waals surface area contributed by atoms with Gasteiger partial charge in [-0.3, -0.25) is 9.48 Å². The minimum atomic E-state index is -0.168. The normalized spacial score (nSPS) is 14.8. The standard InChI is InChI=1S/C30H31N7O2/c1-36(2)28(38)20-37-19-25(17-35-37)24-14-26-30(34-16-24)39-27(18-33-26)29(23-6-4-3-5-7-23)32-13-12-21-8-10-22(15-31)11-9-21/h3-11,14,16-17,19,27,29,32-33H,12-13,18,20H2,1-2H3/t27-,29+/m0/s1. The molecule has 2 aromatic heterocycles. The Morgan fingerprint density at radius 1 is 1.18 bits per heavy atom. The van der Waals surface area contributed by atoms with E-state index in [2.05, 4.69) is 38.9 Å². The van der Waals surface area contributed by atoms with Crippen LogP contribution in [0.1, 0.15) is 22.7 Å². The van der Waals surface area contributed by atoms with E-state index in [1.54, 1.807) is 36.1 Å². The summed E-state index contributed by atoms with van der Waals surface area (Å²) in [5, 5.41) is 20.5. The van der Waals surface area contributed by atoms with Gasteiger partial charge in [0.25, 0.3) is 0 Å². The highest BCUT2D eigenvalue weighted by Gasteiger charge is 2.29. The van der Waals surface area contributed by atoms with E-state index in [1.807, 2.05) is 54.7 Å². The third kappa shape index (κ3) is 6.25. The van der Waals surface area contributed by atoms with Crippen LogP contribution >= 0.6 is 0 Å². The van der Waals surface area contributed by atoms with Crippen LogP contribution in [0.15, 0.2) is 79.3 Å². The first-order valence-electron chi connectivity index (χ1n) is 12.9. The summed E-state index contributed by atoms with van der Waals surface area (Å²) in [6, 6.07) is 22.1. The number of likely N-dealkylation sites (N-methyl/N-ethyl adjacent to an activating group) is 1. The molecule has 0 bridgehead atoms. The van der Waals surface area contributed by atoms with Gasteiger partial charge in [-0.2, -0.15) is 10.4 Å². The number of ether oxygens (including phenoxy) is 1. The molecular weight excluding hydrogens is 490 g/mol. The predicted molar refractivity (Wildman–Crippen MR) is 149 cm³/mol. The quantitative estimate of drug-likeness (QED) is 0.346. The van der Waals surface area contributed by atoms with Crippen LogP contribution in [0.3, 0.4) is 0 Å². The van der Waals surface area contributed by atoms with Gasteiger partial charge in [0.05, 0.1) is 36.1 Å². The third-order valence-electron chi connectivity index (χ3n) is 6.76. The molecule has 4 aromatic rings. The summed E-state index contributed by atoms with van der Waals surface area (Å²) in [5.41, 5.74) is 5.58. The molecule has 0 spiro atoms. The van der Waals surface area contributed by atoms with Gasteiger partial charge in [-0.1, -0.05) is 42.5 Å². The van der Waals surface area contributed by atoms with Crippen molar-refractivity contribution in [2.45, 2.75) is 25.1 Å². The van der Waals surface area contributed by atoms with E-state index in [0.717, 1.165) is 35.3 Å². The van der Waals surface area contributed by atoms with Crippen molar-refractivity contribution in [2.24, 2.45) is 0 Å². The second-order valence-corrected chi connectivity index (χ2v) is 9.73. The second kappa shape index (κ2) is 11.8. The van der Waals surface area contributed by atoms with Crippen LogP contribution in [0.25, 0.3) is 11.1 Å². The Hall–Kier alpha value is -4.68. The van der Waals surface area contributed by atoms with Gasteiger partial charge >= 0.3 is 0 Å². The average Bonchev–Trinajstić information content (AvgIpc) is 3.44. The summed E-state index contributed by atoms with van der Waals surface area (Å²) < 4.78 is 8.04. The maximum Gasteiger partial charge on any atom is 0.243 e. The molecule has 0 saturated heterocycles. The van der Waals surface area contributed by atoms with Crippen molar-refractivity contribution in [3.63, 3.8) is 0 Å². The molecule has 9 nitrogen and oxygen atoms in total. The topological polar surface area (TPSA) is 108 Å². The summed E-state index contributed by atoms with van der Waals surface area (Å²) >= 11 is 0. The Bertz CT molecular complexity index is 1460. The van der Waals surface area contributed by atoms with Gasteiger partial charge in [0.2, 0.25) is 11.8 Å². The van der Waals surface area contributed by atoms with Gasteiger partial charge in [-0.15, -0.1) is 0 Å². The first-order chi connectivity index (χ1) is 19.0. The molecule has 3 heterocycles. The molecule has 1 amide bonds. The second-order valence-electron chi connectivity index (χ2n) is 9.73. The van der Waals surface area contributed by atoms with Gasteiger partial charge in [-0.05, 0) is 42.3 Å². The number of fused-ring (bicyclic) bond motifs is 1. The van der Waals surface area contributed by atoms with E-state index in [9.17, 15) is 4.79 Å². The molecule has 2 aromatic carbocycles. The smallest absolute Gasteiger partial charge is 0.243 e. The zero-order chi connectivity index (χ0) is 27.2. The molecule has 0 unspecified atom stereocenters. The van der Waals surface area contributed by atoms with E-state index < -0.39 is 0 Å². The molecule has 0 fully saturated rings. The minimum Gasteiger partial charge on any atom is -0.469 e. The fourth-order valence-electron chi connectivity index (χ4n) is 4.53. The molecule has 9 heteroatoms. The maximum absolute atomic E-state index is 12.0. The monoisotopic (exact) mass is 521 g/mol. The van der Waals surface area contributed by atoms with Crippen molar-refractivity contribution in [1.82, 2.24) is 25.0 Å². The number of nitriles is 1. The van der Waals surface area contributed by atoms with Crippen molar-refractivity contribution >= 4 is 11.6 Å². The Morgan fingerprint density at radius 2 is 1.97 bits per heavy atom. The van der Waals surface area contributed by atoms with Gasteiger partial charge in [-0.25, -0.2) is 4.98 Å². The Morgan fingerprint density at radius 3 is 2.72 bits per heavy atom. The van der Waals surface area contributed by atoms with Crippen molar-refractivity contribution in [3.8, 4) is 23.1 Å². The maximum atomic E-state index is 12.0. The van der Waals surface area contributed by atoms with Crippen LogP contribution in [0, 0.1) is 11.3 Å². The summed E-state index contributed by atoms with van der Waals surface area (Å²) in [6.07, 6.45) is 6.02. The number of pyridine rings is 1. The number of benzene rings is 2. The number of carbonyl (C=O) groups excluding carboxylic acids is 1. The van der Waals surface area contributed by atoms with E-state index in [4.69, 9.17) is 10.00 Å². The highest BCUT2D eigenvalue weighted by molar-refractivity contribution is 5.75. The molecule has 2 N–H and O–H groups in total. The number of rotatable bonds is 9. The van der Waals surface area contributed by atoms with Crippen molar-refractivity contribution in [3.05, 3.63) is 95.9 Å². The Balaban J connectivity index is 1.27. The summed E-state index contributed by atoms with van der Waals surface area (Å²) in [4.78, 5) is 18.2. The van der Waals surface area contributed by atoms with Crippen molar-refractivity contribution in [2.75, 3.05) is 32.5 Å². The number of hydrogen-bond acceptors (Lipinski definition) is 7. The zero-order valence-electron chi connectivity index (χ0n) is 22.0. The lowest BCUT2D eigenvalue weighted by Crippen LogP contribution is -2.43. The largest absolute Gasteiger partial charge is 0.469 e. The molecule has 0 radical (unpaired) electrons. The average molecular weight is 522 g/mol. The van der Waals surface area contributed by atoms with Crippen LogP contribution < -0.4 is 15.4 Å². The number of anilines is 1. The van der Waals surface area contributed by atoms with Crippen LogP contribution in [0.4, 0.5) is 5.69 Å². The molecule has 1 aliphatic heterocycles. The Kier molecular flexibility index (Phi) is 7.85. The highest BCUT2D eigenvalue weighted by Crippen LogP contribution is 2.34. The van der Waals surface area contributed by atoms with Crippen molar-refractivity contribution in [1.29, 1.82) is 5.26 Å². The summed E-state index contributed by atoms with van der Waals surface area (Å²) in [5.74, 6) is 0.535. The lowest BCUT2D eigenvalue weighted by Gasteiger charge is -2.33. The SMILES string of the molecule is CN(C)C(=O)Cn1cc(-c2cnc3c(c2)NC[C@@H]([C@H](NCCc2ccc(C#N)cc2)c2ccccc2)O3)cn1. The summed E-state index contributed by atoms with van der Waals surface area (Å²) in [7, 11) is 3.46. The number of hydrogen-bond donors (Lipinski definition) is 2. The molecule has 0 saturated carbocycles. The van der Waals surface area contributed by atoms with Crippen LogP contribution in [0.2, 0.25) is 0 Å². The van der Waals surface area contributed by atoms with E-state index in [-0.39, 0.29) is 24.6 Å². The van der Waals surface area contributed by atoms with Gasteiger partial charge in [0.1, 0.15) is 12.6 Å². The molecule has 5 rings (SSSR count). The van der Waals surface area contributed by atoms with E-state index >= 15 is 0 Å². The fraction of sp³-hybridized carbons (Fsp3) is 0.267. The van der Waals surface area contributed by atoms with Crippen LogP contribution in [-0.4, -0.2) is 58.9 Å². The molecule has 39 heavy (non-hydrogen) atoms. The highest BCUT2D eigenvalue weighted by atomic mass is 16.5. The van der Waals surface area contributed by atoms with Crippen molar-refractivity contribution < 1.29 is 9.53 Å². The van der Waals surface area contributed by atoms with Crippen LogP contribution in [-0.2, 0) is 17.8 Å². The fourth-order valence-corrected chi connectivity index (χ4v) is 4.53. The molecule has 2 atom stereocenters. The molecular formula is C30H31N7O2. The number of amides is 1.